The summed E-state index contributed by atoms with van der Waals surface area (Å²) in [4.78, 5) is 16.0. The highest BCUT2D eigenvalue weighted by molar-refractivity contribution is 6.02. The molecular weight excluding hydrogens is 226 g/mol. The zero-order valence-corrected chi connectivity index (χ0v) is 10.4. The molecule has 0 aliphatic rings. The van der Waals surface area contributed by atoms with Crippen molar-refractivity contribution >= 4 is 22.4 Å². The molecule has 4 nitrogen and oxygen atoms in total. The maximum Gasteiger partial charge on any atom is 0.227 e. The van der Waals surface area contributed by atoms with Crippen LogP contribution in [0.2, 0.25) is 0 Å². The summed E-state index contributed by atoms with van der Waals surface area (Å²) in [5, 5.41) is 4.95. The van der Waals surface area contributed by atoms with Crippen molar-refractivity contribution in [1.29, 1.82) is 0 Å². The van der Waals surface area contributed by atoms with Gasteiger partial charge in [0.2, 0.25) is 5.91 Å². The summed E-state index contributed by atoms with van der Waals surface area (Å²) >= 11 is 0. The Balaban J connectivity index is 2.24. The molecule has 3 N–H and O–H groups in total. The van der Waals surface area contributed by atoms with Crippen molar-refractivity contribution in [3.05, 3.63) is 36.7 Å². The second-order valence-corrected chi connectivity index (χ2v) is 4.37. The van der Waals surface area contributed by atoms with Crippen LogP contribution in [0, 0.1) is 5.92 Å². The van der Waals surface area contributed by atoms with E-state index in [9.17, 15) is 4.79 Å². The second-order valence-electron chi connectivity index (χ2n) is 4.37. The Morgan fingerprint density at radius 3 is 3.06 bits per heavy atom. The number of rotatable bonds is 4. The Morgan fingerprint density at radius 2 is 2.28 bits per heavy atom. The molecular formula is C14H17N3O. The van der Waals surface area contributed by atoms with Gasteiger partial charge in [-0.25, -0.2) is 0 Å². The molecule has 1 amide bonds. The Bertz CT molecular complexity index is 548. The normalized spacial score (nSPS) is 12.3. The third-order valence-corrected chi connectivity index (χ3v) is 2.99. The summed E-state index contributed by atoms with van der Waals surface area (Å²) in [6.45, 7) is 2.40. The number of benzene rings is 1. The number of carbonyl (C=O) groups is 1. The number of anilines is 1. The highest BCUT2D eigenvalue weighted by Gasteiger charge is 2.13. The SMILES string of the molecule is CC(CCN)C(=O)Nc1cccc2ccncc12. The van der Waals surface area contributed by atoms with E-state index in [1.165, 1.54) is 0 Å². The minimum atomic E-state index is -0.0815. The van der Waals surface area contributed by atoms with Crippen LogP contribution in [-0.2, 0) is 4.79 Å². The largest absolute Gasteiger partial charge is 0.330 e. The fourth-order valence-electron chi connectivity index (χ4n) is 1.86. The maximum atomic E-state index is 12.0. The molecule has 18 heavy (non-hydrogen) atoms. The molecule has 1 aromatic carbocycles. The fraction of sp³-hybridized carbons (Fsp3) is 0.286. The molecule has 0 fully saturated rings. The van der Waals surface area contributed by atoms with Gasteiger partial charge in [0, 0.05) is 23.7 Å². The first-order chi connectivity index (χ1) is 8.72. The first kappa shape index (κ1) is 12.5. The lowest BCUT2D eigenvalue weighted by Gasteiger charge is -2.12. The van der Waals surface area contributed by atoms with Gasteiger partial charge in [0.25, 0.3) is 0 Å². The van der Waals surface area contributed by atoms with E-state index in [0.29, 0.717) is 13.0 Å². The average Bonchev–Trinajstić information content (AvgIpc) is 2.39. The molecule has 0 aliphatic carbocycles. The lowest BCUT2D eigenvalue weighted by atomic mass is 10.1. The summed E-state index contributed by atoms with van der Waals surface area (Å²) in [5.74, 6) is -0.0845. The lowest BCUT2D eigenvalue weighted by Crippen LogP contribution is -2.22. The highest BCUT2D eigenvalue weighted by atomic mass is 16.1. The van der Waals surface area contributed by atoms with Gasteiger partial charge in [0.15, 0.2) is 0 Å². The standard InChI is InChI=1S/C14H17N3O/c1-10(5-7-15)14(18)17-13-4-2-3-11-6-8-16-9-12(11)13/h2-4,6,8-10H,5,7,15H2,1H3,(H,17,18). The van der Waals surface area contributed by atoms with E-state index in [1.54, 1.807) is 12.4 Å². The van der Waals surface area contributed by atoms with Crippen molar-refractivity contribution in [3.8, 4) is 0 Å². The van der Waals surface area contributed by atoms with Gasteiger partial charge >= 0.3 is 0 Å². The number of nitrogens with two attached hydrogens (primary N) is 1. The number of aromatic nitrogens is 1. The van der Waals surface area contributed by atoms with Crippen LogP contribution in [0.1, 0.15) is 13.3 Å². The molecule has 1 heterocycles. The van der Waals surface area contributed by atoms with E-state index < -0.39 is 0 Å². The number of fused-ring (bicyclic) bond motifs is 1. The third kappa shape index (κ3) is 2.65. The predicted octanol–water partition coefficient (Wildman–Crippen LogP) is 2.16. The lowest BCUT2D eigenvalue weighted by molar-refractivity contribution is -0.119. The van der Waals surface area contributed by atoms with Crippen molar-refractivity contribution in [2.24, 2.45) is 11.7 Å². The summed E-state index contributed by atoms with van der Waals surface area (Å²) in [6, 6.07) is 7.73. The number of carbonyl (C=O) groups excluding carboxylic acids is 1. The number of hydrogen-bond donors (Lipinski definition) is 2. The highest BCUT2D eigenvalue weighted by Crippen LogP contribution is 2.22. The van der Waals surface area contributed by atoms with Gasteiger partial charge in [-0.3, -0.25) is 9.78 Å². The van der Waals surface area contributed by atoms with Crippen LogP contribution in [0.25, 0.3) is 10.8 Å². The topological polar surface area (TPSA) is 68.0 Å². The van der Waals surface area contributed by atoms with Gasteiger partial charge < -0.3 is 11.1 Å². The molecule has 0 spiro atoms. The van der Waals surface area contributed by atoms with Crippen LogP contribution in [0.5, 0.6) is 0 Å². The predicted molar refractivity (Wildman–Crippen MR) is 73.2 cm³/mol. The zero-order valence-electron chi connectivity index (χ0n) is 10.4. The van der Waals surface area contributed by atoms with E-state index >= 15 is 0 Å². The van der Waals surface area contributed by atoms with Gasteiger partial charge in [0.1, 0.15) is 0 Å². The van der Waals surface area contributed by atoms with Crippen molar-refractivity contribution in [3.63, 3.8) is 0 Å². The van der Waals surface area contributed by atoms with E-state index in [2.05, 4.69) is 10.3 Å². The summed E-state index contributed by atoms with van der Waals surface area (Å²) < 4.78 is 0. The van der Waals surface area contributed by atoms with Crippen molar-refractivity contribution in [1.82, 2.24) is 4.98 Å². The molecule has 1 unspecified atom stereocenters. The molecule has 0 radical (unpaired) electrons. The Hall–Kier alpha value is -1.94. The third-order valence-electron chi connectivity index (χ3n) is 2.99. The molecule has 1 atom stereocenters. The molecule has 94 valence electrons. The molecule has 0 bridgehead atoms. The molecule has 2 rings (SSSR count). The van der Waals surface area contributed by atoms with E-state index in [1.807, 2.05) is 31.2 Å². The van der Waals surface area contributed by atoms with E-state index in [4.69, 9.17) is 5.73 Å². The van der Waals surface area contributed by atoms with Crippen molar-refractivity contribution < 1.29 is 4.79 Å². The summed E-state index contributed by atoms with van der Waals surface area (Å²) in [5.41, 5.74) is 6.26. The number of hydrogen-bond acceptors (Lipinski definition) is 3. The van der Waals surface area contributed by atoms with Crippen LogP contribution in [-0.4, -0.2) is 17.4 Å². The van der Waals surface area contributed by atoms with Gasteiger partial charge in [-0.15, -0.1) is 0 Å². The summed E-state index contributed by atoms with van der Waals surface area (Å²) in [6.07, 6.45) is 4.19. The number of amides is 1. The first-order valence-electron chi connectivity index (χ1n) is 6.06. The van der Waals surface area contributed by atoms with E-state index in [0.717, 1.165) is 16.5 Å². The first-order valence-corrected chi connectivity index (χ1v) is 6.06. The van der Waals surface area contributed by atoms with E-state index in [-0.39, 0.29) is 11.8 Å². The number of nitrogens with zero attached hydrogens (tertiary/aromatic N) is 1. The van der Waals surface area contributed by atoms with Gasteiger partial charge in [-0.2, -0.15) is 0 Å². The van der Waals surface area contributed by atoms with Gasteiger partial charge in [-0.05, 0) is 30.5 Å². The quantitative estimate of drug-likeness (QED) is 0.864. The van der Waals surface area contributed by atoms with Gasteiger partial charge in [-0.1, -0.05) is 19.1 Å². The smallest absolute Gasteiger partial charge is 0.227 e. The molecule has 0 aliphatic heterocycles. The van der Waals surface area contributed by atoms with Crippen LogP contribution >= 0.6 is 0 Å². The molecule has 4 heteroatoms. The minimum absolute atomic E-state index is 0.00296. The van der Waals surface area contributed by atoms with Crippen molar-refractivity contribution in [2.75, 3.05) is 11.9 Å². The fourth-order valence-corrected chi connectivity index (χ4v) is 1.86. The van der Waals surface area contributed by atoms with Gasteiger partial charge in [0.05, 0.1) is 5.69 Å². The monoisotopic (exact) mass is 243 g/mol. The number of nitrogens with one attached hydrogen (secondary N) is 1. The Kier molecular flexibility index (Phi) is 3.89. The van der Waals surface area contributed by atoms with Crippen LogP contribution in [0.15, 0.2) is 36.7 Å². The second kappa shape index (κ2) is 5.60. The van der Waals surface area contributed by atoms with Crippen molar-refractivity contribution in [2.45, 2.75) is 13.3 Å². The average molecular weight is 243 g/mol. The molecule has 0 saturated carbocycles. The molecule has 1 aromatic heterocycles. The maximum absolute atomic E-state index is 12.0. The van der Waals surface area contributed by atoms with Crippen LogP contribution in [0.4, 0.5) is 5.69 Å². The van der Waals surface area contributed by atoms with Crippen LogP contribution in [0.3, 0.4) is 0 Å². The zero-order chi connectivity index (χ0) is 13.0. The molecule has 2 aromatic rings. The Labute approximate surface area is 106 Å². The number of pyridine rings is 1. The molecule has 0 saturated heterocycles. The van der Waals surface area contributed by atoms with Crippen LogP contribution < -0.4 is 11.1 Å². The Morgan fingerprint density at radius 1 is 1.44 bits per heavy atom. The summed E-state index contributed by atoms with van der Waals surface area (Å²) in [7, 11) is 0. The minimum Gasteiger partial charge on any atom is -0.330 e.